The molecule has 0 saturated carbocycles. The first-order valence-electron chi connectivity index (χ1n) is 4.17. The van der Waals surface area contributed by atoms with E-state index in [2.05, 4.69) is 15.9 Å². The molecule has 11 heteroatoms. The van der Waals surface area contributed by atoms with Crippen LogP contribution in [0, 0.1) is 0 Å². The van der Waals surface area contributed by atoms with Gasteiger partial charge in [0.1, 0.15) is 0 Å². The molecule has 1 aromatic rings. The molecule has 19 heavy (non-hydrogen) atoms. The molecule has 1 aromatic carbocycles. The number of hydrogen-bond donors (Lipinski definition) is 0. The highest BCUT2D eigenvalue weighted by Crippen LogP contribution is 2.42. The Balaban J connectivity index is 3.76. The average Bonchev–Trinajstić information content (AvgIpc) is 2.11. The summed E-state index contributed by atoms with van der Waals surface area (Å²) in [5, 5.41) is 0. The van der Waals surface area contributed by atoms with Crippen molar-refractivity contribution in [2.24, 2.45) is 0 Å². The molecule has 0 aliphatic rings. The van der Waals surface area contributed by atoms with Crippen molar-refractivity contribution in [2.45, 2.75) is 17.2 Å². The highest BCUT2D eigenvalue weighted by atomic mass is 79.9. The summed E-state index contributed by atoms with van der Waals surface area (Å²) in [6, 6.07) is -0.132. The lowest BCUT2D eigenvalue weighted by atomic mass is 10.1. The normalized spacial score (nSPS) is 13.7. The molecule has 0 spiro atoms. The lowest BCUT2D eigenvalue weighted by Gasteiger charge is -2.15. The fourth-order valence-electron chi connectivity index (χ4n) is 1.19. The molecule has 0 fully saturated rings. The Hall–Kier alpha value is -0.480. The van der Waals surface area contributed by atoms with Gasteiger partial charge in [0.15, 0.2) is 0 Å². The van der Waals surface area contributed by atoms with Gasteiger partial charge < -0.3 is 0 Å². The Bertz CT molecular complexity index is 607. The zero-order valence-electron chi connectivity index (χ0n) is 8.40. The van der Waals surface area contributed by atoms with Gasteiger partial charge in [-0.1, -0.05) is 15.9 Å². The van der Waals surface area contributed by atoms with E-state index in [1.54, 1.807) is 0 Å². The van der Waals surface area contributed by atoms with Crippen LogP contribution in [0.4, 0.5) is 26.3 Å². The van der Waals surface area contributed by atoms with Crippen LogP contribution in [0.5, 0.6) is 0 Å². The topological polar surface area (TPSA) is 34.1 Å². The molecule has 1 rings (SSSR count). The standard InChI is InChI=1S/C8H2BrClF6O2S/c9-5-1-4(8(14,15)16)6(19(10,17)18)2-3(5)7(11,12)13/h1-2H. The van der Waals surface area contributed by atoms with Crippen molar-refractivity contribution in [3.05, 3.63) is 27.7 Å². The maximum atomic E-state index is 12.6. The first-order valence-corrected chi connectivity index (χ1v) is 7.27. The zero-order chi connectivity index (χ0) is 15.2. The summed E-state index contributed by atoms with van der Waals surface area (Å²) in [5.41, 5.74) is -3.35. The molecular weight excluding hydrogens is 389 g/mol. The molecule has 0 amide bonds. The van der Waals surface area contributed by atoms with E-state index in [1.807, 2.05) is 0 Å². The second kappa shape index (κ2) is 4.81. The van der Waals surface area contributed by atoms with Gasteiger partial charge in [0.25, 0.3) is 9.05 Å². The van der Waals surface area contributed by atoms with E-state index < -0.39 is 41.9 Å². The number of alkyl halides is 6. The second-order valence-corrected chi connectivity index (χ2v) is 6.65. The number of hydrogen-bond acceptors (Lipinski definition) is 2. The maximum absolute atomic E-state index is 12.6. The minimum Gasteiger partial charge on any atom is -0.207 e. The highest BCUT2D eigenvalue weighted by Gasteiger charge is 2.41. The van der Waals surface area contributed by atoms with Crippen LogP contribution in [0.25, 0.3) is 0 Å². The van der Waals surface area contributed by atoms with Crippen LogP contribution >= 0.6 is 26.6 Å². The van der Waals surface area contributed by atoms with Crippen molar-refractivity contribution in [3.8, 4) is 0 Å². The molecule has 0 aromatic heterocycles. The molecule has 2 nitrogen and oxygen atoms in total. The van der Waals surface area contributed by atoms with Crippen LogP contribution in [0.1, 0.15) is 11.1 Å². The molecule has 0 radical (unpaired) electrons. The fraction of sp³-hybridized carbons (Fsp3) is 0.250. The lowest BCUT2D eigenvalue weighted by Crippen LogP contribution is -2.14. The Morgan fingerprint density at radius 1 is 0.947 bits per heavy atom. The summed E-state index contributed by atoms with van der Waals surface area (Å²) in [6.07, 6.45) is -10.2. The van der Waals surface area contributed by atoms with Crippen LogP contribution in [0.3, 0.4) is 0 Å². The van der Waals surface area contributed by atoms with Crippen LogP contribution in [-0.2, 0) is 21.4 Å². The minimum atomic E-state index is -5.16. The first kappa shape index (κ1) is 16.6. The Morgan fingerprint density at radius 3 is 1.68 bits per heavy atom. The summed E-state index contributed by atoms with van der Waals surface area (Å²) in [5.74, 6) is 0. The van der Waals surface area contributed by atoms with Crippen LogP contribution in [0.15, 0.2) is 21.5 Å². The van der Waals surface area contributed by atoms with Gasteiger partial charge in [0, 0.05) is 15.2 Å². The summed E-state index contributed by atoms with van der Waals surface area (Å²) in [7, 11) is -0.251. The first-order chi connectivity index (χ1) is 8.24. The minimum absolute atomic E-state index is 0.0259. The van der Waals surface area contributed by atoms with Crippen molar-refractivity contribution < 1.29 is 34.8 Å². The molecule has 0 atom stereocenters. The maximum Gasteiger partial charge on any atom is 0.417 e. The van der Waals surface area contributed by atoms with E-state index in [4.69, 9.17) is 10.7 Å². The number of halogens is 8. The molecule has 0 aliphatic heterocycles. The van der Waals surface area contributed by atoms with Gasteiger partial charge in [0.05, 0.1) is 16.0 Å². The summed E-state index contributed by atoms with van der Waals surface area (Å²) in [4.78, 5) is -1.64. The van der Waals surface area contributed by atoms with Gasteiger partial charge >= 0.3 is 12.4 Å². The number of benzene rings is 1. The van der Waals surface area contributed by atoms with Gasteiger partial charge in [-0.15, -0.1) is 0 Å². The molecule has 0 unspecified atom stereocenters. The predicted molar refractivity (Wildman–Crippen MR) is 57.2 cm³/mol. The molecule has 0 saturated heterocycles. The third kappa shape index (κ3) is 3.76. The molecule has 108 valence electrons. The molecule has 0 bridgehead atoms. The van der Waals surface area contributed by atoms with Gasteiger partial charge in [-0.25, -0.2) is 8.42 Å². The van der Waals surface area contributed by atoms with Crippen molar-refractivity contribution in [3.63, 3.8) is 0 Å². The van der Waals surface area contributed by atoms with Gasteiger partial charge in [0.2, 0.25) is 0 Å². The second-order valence-electron chi connectivity index (χ2n) is 3.26. The van der Waals surface area contributed by atoms with E-state index in [0.717, 1.165) is 0 Å². The Morgan fingerprint density at radius 2 is 1.37 bits per heavy atom. The Kier molecular flexibility index (Phi) is 4.20. The third-order valence-corrected chi connectivity index (χ3v) is 3.96. The third-order valence-electron chi connectivity index (χ3n) is 1.94. The van der Waals surface area contributed by atoms with Crippen molar-refractivity contribution >= 4 is 35.7 Å². The molecule has 0 heterocycles. The van der Waals surface area contributed by atoms with E-state index in [9.17, 15) is 34.8 Å². The van der Waals surface area contributed by atoms with Gasteiger partial charge in [-0.3, -0.25) is 0 Å². The quantitative estimate of drug-likeness (QED) is 0.525. The average molecular weight is 392 g/mol. The summed E-state index contributed by atoms with van der Waals surface area (Å²) < 4.78 is 96.2. The van der Waals surface area contributed by atoms with Gasteiger partial charge in [-0.2, -0.15) is 26.3 Å². The van der Waals surface area contributed by atoms with Gasteiger partial charge in [-0.05, 0) is 12.1 Å². The van der Waals surface area contributed by atoms with Crippen LogP contribution < -0.4 is 0 Å². The number of rotatable bonds is 1. The van der Waals surface area contributed by atoms with Crippen LogP contribution in [-0.4, -0.2) is 8.42 Å². The van der Waals surface area contributed by atoms with E-state index >= 15 is 0 Å². The van der Waals surface area contributed by atoms with E-state index in [0.29, 0.717) is 0 Å². The smallest absolute Gasteiger partial charge is 0.207 e. The lowest BCUT2D eigenvalue weighted by molar-refractivity contribution is -0.143. The summed E-state index contributed by atoms with van der Waals surface area (Å²) >= 11 is 2.32. The van der Waals surface area contributed by atoms with E-state index in [1.165, 1.54) is 0 Å². The SMILES string of the molecule is O=S(=O)(Cl)c1cc(C(F)(F)F)c(Br)cc1C(F)(F)F. The largest absolute Gasteiger partial charge is 0.417 e. The summed E-state index contributed by atoms with van der Waals surface area (Å²) in [6.45, 7) is 0. The monoisotopic (exact) mass is 390 g/mol. The zero-order valence-corrected chi connectivity index (χ0v) is 11.6. The predicted octanol–water partition coefficient (Wildman–Crippen LogP) is 4.41. The molecular formula is C8H2BrClF6O2S. The fourth-order valence-corrected chi connectivity index (χ4v) is 2.84. The van der Waals surface area contributed by atoms with Crippen molar-refractivity contribution in [2.75, 3.05) is 0 Å². The van der Waals surface area contributed by atoms with E-state index in [-0.39, 0.29) is 12.1 Å². The van der Waals surface area contributed by atoms with Crippen LogP contribution in [0.2, 0.25) is 0 Å². The molecule has 0 N–H and O–H groups in total. The molecule has 0 aliphatic carbocycles. The Labute approximate surface area is 115 Å². The van der Waals surface area contributed by atoms with Crippen molar-refractivity contribution in [1.29, 1.82) is 0 Å². The highest BCUT2D eigenvalue weighted by molar-refractivity contribution is 9.10. The van der Waals surface area contributed by atoms with Crippen molar-refractivity contribution in [1.82, 2.24) is 0 Å².